The van der Waals surface area contributed by atoms with E-state index in [-0.39, 0.29) is 0 Å². The molecule has 1 aromatic heterocycles. The van der Waals surface area contributed by atoms with Crippen LogP contribution in [0.3, 0.4) is 0 Å². The van der Waals surface area contributed by atoms with Crippen LogP contribution in [0.25, 0.3) is 0 Å². The Hall–Kier alpha value is -1.14. The molecule has 0 spiro atoms. The zero-order chi connectivity index (χ0) is 10.7. The quantitative estimate of drug-likeness (QED) is 0.755. The number of pyridine rings is 1. The van der Waals surface area contributed by atoms with Crippen molar-refractivity contribution in [2.45, 2.75) is 27.2 Å². The van der Waals surface area contributed by atoms with E-state index in [9.17, 15) is 0 Å². The maximum Gasteiger partial charge on any atom is 0.121 e. The Morgan fingerprint density at radius 2 is 2.21 bits per heavy atom. The van der Waals surface area contributed by atoms with Gasteiger partial charge in [-0.15, -0.1) is 0 Å². The van der Waals surface area contributed by atoms with Crippen LogP contribution >= 0.6 is 12.2 Å². The van der Waals surface area contributed by atoms with Crippen molar-refractivity contribution < 1.29 is 0 Å². The van der Waals surface area contributed by atoms with Gasteiger partial charge in [0, 0.05) is 5.69 Å². The molecule has 0 aliphatic carbocycles. The van der Waals surface area contributed by atoms with Gasteiger partial charge >= 0.3 is 0 Å². The van der Waals surface area contributed by atoms with Gasteiger partial charge in [0.25, 0.3) is 0 Å². The van der Waals surface area contributed by atoms with E-state index in [0.29, 0.717) is 16.1 Å². The molecule has 0 amide bonds. The van der Waals surface area contributed by atoms with Gasteiger partial charge in [0.05, 0.1) is 5.56 Å². The van der Waals surface area contributed by atoms with Gasteiger partial charge in [-0.25, -0.2) is 0 Å². The number of nitrogens with zero attached hydrogens (tertiary/aromatic N) is 1. The summed E-state index contributed by atoms with van der Waals surface area (Å²) >= 11 is 5.03. The lowest BCUT2D eigenvalue weighted by Crippen LogP contribution is -2.00. The molecule has 0 fully saturated rings. The maximum absolute atomic E-state index is 8.83. The molecule has 2 nitrogen and oxygen atoms in total. The fourth-order valence-corrected chi connectivity index (χ4v) is 1.66. The highest BCUT2D eigenvalue weighted by Gasteiger charge is 2.04. The monoisotopic (exact) mass is 206 g/mol. The van der Waals surface area contributed by atoms with Gasteiger partial charge in [-0.2, -0.15) is 5.26 Å². The molecule has 0 saturated heterocycles. The number of nitrogens with one attached hydrogen (secondary N) is 1. The predicted molar refractivity (Wildman–Crippen MR) is 59.6 cm³/mol. The predicted octanol–water partition coefficient (Wildman–Crippen LogP) is 3.12. The molecule has 0 unspecified atom stereocenters. The van der Waals surface area contributed by atoms with Crippen molar-refractivity contribution in [1.29, 1.82) is 5.26 Å². The molecular formula is C11H14N2S. The molecule has 0 aliphatic heterocycles. The number of H-pyrrole nitrogens is 1. The molecular weight excluding hydrogens is 192 g/mol. The van der Waals surface area contributed by atoms with Gasteiger partial charge in [0.1, 0.15) is 10.7 Å². The Kier molecular flexibility index (Phi) is 3.43. The highest BCUT2D eigenvalue weighted by molar-refractivity contribution is 7.71. The Bertz CT molecular complexity index is 424. The number of aromatic amines is 1. The van der Waals surface area contributed by atoms with E-state index in [4.69, 9.17) is 17.5 Å². The van der Waals surface area contributed by atoms with Gasteiger partial charge in [0.15, 0.2) is 0 Å². The van der Waals surface area contributed by atoms with Crippen molar-refractivity contribution in [2.75, 3.05) is 0 Å². The van der Waals surface area contributed by atoms with Gasteiger partial charge in [-0.1, -0.05) is 26.1 Å². The molecule has 0 radical (unpaired) electrons. The van der Waals surface area contributed by atoms with Crippen LogP contribution < -0.4 is 0 Å². The molecule has 1 aromatic rings. The van der Waals surface area contributed by atoms with Crippen LogP contribution in [0.2, 0.25) is 0 Å². The second-order valence-electron chi connectivity index (χ2n) is 3.87. The normalized spacial score (nSPS) is 10.2. The smallest absolute Gasteiger partial charge is 0.121 e. The van der Waals surface area contributed by atoms with Crippen LogP contribution in [-0.2, 0) is 6.42 Å². The van der Waals surface area contributed by atoms with Gasteiger partial charge in [0.2, 0.25) is 0 Å². The fraction of sp³-hybridized carbons (Fsp3) is 0.455. The van der Waals surface area contributed by atoms with Crippen molar-refractivity contribution in [3.63, 3.8) is 0 Å². The van der Waals surface area contributed by atoms with Crippen molar-refractivity contribution >= 4 is 12.2 Å². The fourth-order valence-electron chi connectivity index (χ4n) is 1.40. The van der Waals surface area contributed by atoms with Crippen LogP contribution in [0.1, 0.15) is 30.7 Å². The summed E-state index contributed by atoms with van der Waals surface area (Å²) in [4.78, 5) is 3.06. The standard InChI is InChI=1S/C11H14N2S/c1-7(2)4-9-5-10(6-12)11(14)13-8(9)3/h5,7H,4H2,1-3H3,(H,13,14). The summed E-state index contributed by atoms with van der Waals surface area (Å²) in [5.41, 5.74) is 2.83. The van der Waals surface area contributed by atoms with Gasteiger partial charge in [-0.05, 0) is 30.9 Å². The summed E-state index contributed by atoms with van der Waals surface area (Å²) in [6, 6.07) is 4.00. The number of nitriles is 1. The molecule has 74 valence electrons. The van der Waals surface area contributed by atoms with Crippen LogP contribution in [-0.4, -0.2) is 4.98 Å². The van der Waals surface area contributed by atoms with Crippen molar-refractivity contribution in [2.24, 2.45) is 5.92 Å². The first-order valence-electron chi connectivity index (χ1n) is 4.67. The summed E-state index contributed by atoms with van der Waals surface area (Å²) in [6.45, 7) is 6.31. The first-order valence-corrected chi connectivity index (χ1v) is 5.08. The van der Waals surface area contributed by atoms with E-state index in [1.807, 2.05) is 13.0 Å². The lowest BCUT2D eigenvalue weighted by Gasteiger charge is -2.08. The zero-order valence-electron chi connectivity index (χ0n) is 8.72. The van der Waals surface area contributed by atoms with E-state index in [2.05, 4.69) is 24.9 Å². The topological polar surface area (TPSA) is 39.6 Å². The molecule has 0 aromatic carbocycles. The highest BCUT2D eigenvalue weighted by Crippen LogP contribution is 2.13. The van der Waals surface area contributed by atoms with Crippen LogP contribution in [0, 0.1) is 28.8 Å². The summed E-state index contributed by atoms with van der Waals surface area (Å²) in [6.07, 6.45) is 0.979. The van der Waals surface area contributed by atoms with E-state index >= 15 is 0 Å². The Morgan fingerprint density at radius 3 is 2.71 bits per heavy atom. The van der Waals surface area contributed by atoms with E-state index in [1.165, 1.54) is 5.56 Å². The third-order valence-electron chi connectivity index (χ3n) is 2.09. The largest absolute Gasteiger partial charge is 0.349 e. The van der Waals surface area contributed by atoms with E-state index in [1.54, 1.807) is 0 Å². The SMILES string of the molecule is Cc1[nH]c(=S)c(C#N)cc1CC(C)C. The lowest BCUT2D eigenvalue weighted by molar-refractivity contribution is 0.642. The number of hydrogen-bond acceptors (Lipinski definition) is 2. The molecule has 3 heteroatoms. The summed E-state index contributed by atoms with van der Waals surface area (Å²) in [7, 11) is 0. The number of rotatable bonds is 2. The maximum atomic E-state index is 8.83. The first-order chi connectivity index (χ1) is 6.54. The molecule has 0 bridgehead atoms. The lowest BCUT2D eigenvalue weighted by atomic mass is 10.0. The van der Waals surface area contributed by atoms with E-state index in [0.717, 1.165) is 12.1 Å². The van der Waals surface area contributed by atoms with Crippen LogP contribution in [0.4, 0.5) is 0 Å². The Labute approximate surface area is 89.6 Å². The minimum atomic E-state index is 0.539. The summed E-state index contributed by atoms with van der Waals surface area (Å²) in [5.74, 6) is 0.588. The van der Waals surface area contributed by atoms with Gasteiger partial charge in [-0.3, -0.25) is 0 Å². The Morgan fingerprint density at radius 1 is 1.57 bits per heavy atom. The number of hydrogen-bond donors (Lipinski definition) is 1. The molecule has 0 atom stereocenters. The first kappa shape index (κ1) is 10.9. The second kappa shape index (κ2) is 4.39. The van der Waals surface area contributed by atoms with Crippen molar-refractivity contribution in [1.82, 2.24) is 4.98 Å². The molecule has 1 N–H and O–H groups in total. The zero-order valence-corrected chi connectivity index (χ0v) is 9.53. The third-order valence-corrected chi connectivity index (χ3v) is 2.42. The minimum absolute atomic E-state index is 0.539. The van der Waals surface area contributed by atoms with Gasteiger partial charge < -0.3 is 4.98 Å². The summed E-state index contributed by atoms with van der Waals surface area (Å²) in [5, 5.41) is 8.83. The van der Waals surface area contributed by atoms with Crippen LogP contribution in [0.5, 0.6) is 0 Å². The van der Waals surface area contributed by atoms with Crippen molar-refractivity contribution in [3.8, 4) is 6.07 Å². The average Bonchev–Trinajstić information content (AvgIpc) is 2.09. The number of aryl methyl sites for hydroxylation is 1. The summed E-state index contributed by atoms with van der Waals surface area (Å²) < 4.78 is 0.539. The molecule has 14 heavy (non-hydrogen) atoms. The average molecular weight is 206 g/mol. The van der Waals surface area contributed by atoms with E-state index < -0.39 is 0 Å². The molecule has 0 saturated carbocycles. The molecule has 1 rings (SSSR count). The minimum Gasteiger partial charge on any atom is -0.349 e. The van der Waals surface area contributed by atoms with Crippen LogP contribution in [0.15, 0.2) is 6.07 Å². The highest BCUT2D eigenvalue weighted by atomic mass is 32.1. The third kappa shape index (κ3) is 2.43. The number of aromatic nitrogens is 1. The van der Waals surface area contributed by atoms with Crippen molar-refractivity contribution in [3.05, 3.63) is 27.5 Å². The second-order valence-corrected chi connectivity index (χ2v) is 4.28. The molecule has 1 heterocycles. The molecule has 0 aliphatic rings. The Balaban J connectivity index is 3.19.